The number of carbonyl (C=O) groups is 1. The molecule has 1 aromatic heterocycles. The number of thiazole rings is 1. The van der Waals surface area contributed by atoms with E-state index in [1.165, 1.54) is 0 Å². The number of nitrogens with one attached hydrogen (secondary N) is 2. The quantitative estimate of drug-likeness (QED) is 0.422. The van der Waals surface area contributed by atoms with E-state index in [2.05, 4.69) is 22.8 Å². The van der Waals surface area contributed by atoms with Crippen molar-refractivity contribution in [3.63, 3.8) is 0 Å². The summed E-state index contributed by atoms with van der Waals surface area (Å²) in [6.07, 6.45) is 0. The van der Waals surface area contributed by atoms with Crippen molar-refractivity contribution in [2.24, 2.45) is 0 Å². The van der Waals surface area contributed by atoms with Gasteiger partial charge in [0.25, 0.3) is 5.91 Å². The summed E-state index contributed by atoms with van der Waals surface area (Å²) in [7, 11) is 1.58. The van der Waals surface area contributed by atoms with Gasteiger partial charge in [0.05, 0.1) is 17.3 Å². The second kappa shape index (κ2) is 8.61. The predicted molar refractivity (Wildman–Crippen MR) is 126 cm³/mol. The molecule has 0 bridgehead atoms. The molecule has 0 aliphatic carbocycles. The zero-order valence-electron chi connectivity index (χ0n) is 16.4. The van der Waals surface area contributed by atoms with Crippen molar-refractivity contribution in [2.75, 3.05) is 12.4 Å². The number of thiocarbonyl (C=S) groups is 1. The highest BCUT2D eigenvalue weighted by Crippen LogP contribution is 2.31. The standard InChI is InChI=1S/C23H19N3O2S2/c1-14-13-16(22-24-19-5-3-4-6-20(19)30-22)9-12-18(14)25-23(29)26-21(27)15-7-10-17(28-2)11-8-15/h3-13H,1-2H3,(H2,25,26,27,29). The Kier molecular flexibility index (Phi) is 5.74. The fourth-order valence-corrected chi connectivity index (χ4v) is 4.17. The van der Waals surface area contributed by atoms with Gasteiger partial charge in [0.15, 0.2) is 5.11 Å². The number of aryl methyl sites for hydroxylation is 1. The van der Waals surface area contributed by atoms with Crippen molar-refractivity contribution in [2.45, 2.75) is 6.92 Å². The average molecular weight is 434 g/mol. The van der Waals surface area contributed by atoms with Gasteiger partial charge < -0.3 is 10.1 Å². The summed E-state index contributed by atoms with van der Waals surface area (Å²) < 4.78 is 6.27. The number of anilines is 1. The van der Waals surface area contributed by atoms with Crippen LogP contribution in [0.15, 0.2) is 66.7 Å². The van der Waals surface area contributed by atoms with Crippen LogP contribution in [-0.2, 0) is 0 Å². The molecule has 0 saturated carbocycles. The van der Waals surface area contributed by atoms with Crippen molar-refractivity contribution >= 4 is 50.5 Å². The summed E-state index contributed by atoms with van der Waals surface area (Å²) in [6, 6.07) is 21.0. The molecule has 3 aromatic carbocycles. The number of aromatic nitrogens is 1. The fourth-order valence-electron chi connectivity index (χ4n) is 3.00. The fraction of sp³-hybridized carbons (Fsp3) is 0.0870. The van der Waals surface area contributed by atoms with Crippen LogP contribution >= 0.6 is 23.6 Å². The summed E-state index contributed by atoms with van der Waals surface area (Å²) in [6.45, 7) is 1.99. The van der Waals surface area contributed by atoms with Crippen LogP contribution in [0.2, 0.25) is 0 Å². The first-order valence-electron chi connectivity index (χ1n) is 9.26. The number of benzene rings is 3. The normalized spacial score (nSPS) is 10.6. The van der Waals surface area contributed by atoms with Crippen molar-refractivity contribution in [3.8, 4) is 16.3 Å². The number of methoxy groups -OCH3 is 1. The maximum Gasteiger partial charge on any atom is 0.257 e. The molecule has 0 saturated heterocycles. The molecule has 150 valence electrons. The number of hydrogen-bond donors (Lipinski definition) is 2. The van der Waals surface area contributed by atoms with Crippen molar-refractivity contribution in [1.82, 2.24) is 10.3 Å². The van der Waals surface area contributed by atoms with Gasteiger partial charge in [-0.25, -0.2) is 4.98 Å². The zero-order valence-corrected chi connectivity index (χ0v) is 18.1. The molecule has 1 heterocycles. The van der Waals surface area contributed by atoms with Gasteiger partial charge in [0.1, 0.15) is 10.8 Å². The molecule has 0 radical (unpaired) electrons. The summed E-state index contributed by atoms with van der Waals surface area (Å²) in [5.41, 5.74) is 4.39. The average Bonchev–Trinajstić information content (AvgIpc) is 3.19. The van der Waals surface area contributed by atoms with Crippen LogP contribution in [0.5, 0.6) is 5.75 Å². The molecule has 4 aromatic rings. The molecule has 4 rings (SSSR count). The van der Waals surface area contributed by atoms with E-state index in [4.69, 9.17) is 21.9 Å². The molecule has 0 spiro atoms. The van der Waals surface area contributed by atoms with E-state index in [0.29, 0.717) is 11.3 Å². The zero-order chi connectivity index (χ0) is 21.1. The number of hydrogen-bond acceptors (Lipinski definition) is 5. The highest BCUT2D eigenvalue weighted by molar-refractivity contribution is 7.80. The number of rotatable bonds is 4. The third-order valence-corrected chi connectivity index (χ3v) is 5.88. The first-order chi connectivity index (χ1) is 14.5. The minimum Gasteiger partial charge on any atom is -0.497 e. The topological polar surface area (TPSA) is 63.2 Å². The smallest absolute Gasteiger partial charge is 0.257 e. The first-order valence-corrected chi connectivity index (χ1v) is 10.5. The molecular formula is C23H19N3O2S2. The Morgan fingerprint density at radius 1 is 1.07 bits per heavy atom. The molecule has 5 nitrogen and oxygen atoms in total. The van der Waals surface area contributed by atoms with E-state index in [1.54, 1.807) is 42.7 Å². The van der Waals surface area contributed by atoms with Gasteiger partial charge in [-0.3, -0.25) is 10.1 Å². The van der Waals surface area contributed by atoms with Gasteiger partial charge in [-0.2, -0.15) is 0 Å². The minimum absolute atomic E-state index is 0.242. The summed E-state index contributed by atoms with van der Waals surface area (Å²) in [5, 5.41) is 7.02. The second-order valence-corrected chi connectivity index (χ2v) is 8.09. The predicted octanol–water partition coefficient (Wildman–Crippen LogP) is 5.41. The van der Waals surface area contributed by atoms with Crippen LogP contribution in [-0.4, -0.2) is 23.1 Å². The number of amides is 1. The Hall–Kier alpha value is -3.29. The SMILES string of the molecule is COc1ccc(C(=O)NC(=S)Nc2ccc(-c3nc4ccccc4s3)cc2C)cc1. The molecule has 0 atom stereocenters. The lowest BCUT2D eigenvalue weighted by molar-refractivity contribution is 0.0977. The number of para-hydroxylation sites is 1. The number of fused-ring (bicyclic) bond motifs is 1. The van der Waals surface area contributed by atoms with Gasteiger partial charge in [0, 0.05) is 16.8 Å². The first kappa shape index (κ1) is 20.0. The lowest BCUT2D eigenvalue weighted by Crippen LogP contribution is -2.34. The van der Waals surface area contributed by atoms with Gasteiger partial charge >= 0.3 is 0 Å². The largest absolute Gasteiger partial charge is 0.497 e. The van der Waals surface area contributed by atoms with Crippen LogP contribution in [0.25, 0.3) is 20.8 Å². The van der Waals surface area contributed by atoms with E-state index in [1.807, 2.05) is 37.3 Å². The lowest BCUT2D eigenvalue weighted by Gasteiger charge is -2.12. The van der Waals surface area contributed by atoms with E-state index in [9.17, 15) is 4.79 Å². The third kappa shape index (κ3) is 4.32. The molecule has 0 fully saturated rings. The van der Waals surface area contributed by atoms with Crippen LogP contribution in [0.3, 0.4) is 0 Å². The molecule has 30 heavy (non-hydrogen) atoms. The van der Waals surface area contributed by atoms with Gasteiger partial charge in [-0.1, -0.05) is 12.1 Å². The maximum absolute atomic E-state index is 12.4. The number of ether oxygens (including phenoxy) is 1. The lowest BCUT2D eigenvalue weighted by atomic mass is 10.1. The van der Waals surface area contributed by atoms with Crippen molar-refractivity contribution in [3.05, 3.63) is 77.9 Å². The summed E-state index contributed by atoms with van der Waals surface area (Å²) >= 11 is 6.98. The molecule has 0 unspecified atom stereocenters. The van der Waals surface area contributed by atoms with E-state index < -0.39 is 0 Å². The summed E-state index contributed by atoms with van der Waals surface area (Å²) in [4.78, 5) is 17.1. The maximum atomic E-state index is 12.4. The van der Waals surface area contributed by atoms with E-state index in [0.717, 1.165) is 32.0 Å². The molecule has 2 N–H and O–H groups in total. The Morgan fingerprint density at radius 3 is 2.53 bits per heavy atom. The molecule has 7 heteroatoms. The van der Waals surface area contributed by atoms with E-state index in [-0.39, 0.29) is 11.0 Å². The van der Waals surface area contributed by atoms with Crippen LogP contribution in [0.4, 0.5) is 5.69 Å². The number of nitrogens with zero attached hydrogens (tertiary/aromatic N) is 1. The third-order valence-electron chi connectivity index (χ3n) is 4.59. The second-order valence-electron chi connectivity index (χ2n) is 6.65. The molecule has 0 aliphatic rings. The highest BCUT2D eigenvalue weighted by Gasteiger charge is 2.11. The monoisotopic (exact) mass is 433 g/mol. The molecule has 0 aliphatic heterocycles. The van der Waals surface area contributed by atoms with Crippen molar-refractivity contribution in [1.29, 1.82) is 0 Å². The number of carbonyl (C=O) groups excluding carboxylic acids is 1. The van der Waals surface area contributed by atoms with Gasteiger partial charge in [-0.15, -0.1) is 11.3 Å². The Morgan fingerprint density at radius 2 is 1.83 bits per heavy atom. The summed E-state index contributed by atoms with van der Waals surface area (Å²) in [5.74, 6) is 0.412. The Labute approximate surface area is 183 Å². The van der Waals surface area contributed by atoms with Gasteiger partial charge in [-0.05, 0) is 79.3 Å². The van der Waals surface area contributed by atoms with E-state index >= 15 is 0 Å². The Balaban J connectivity index is 1.45. The highest BCUT2D eigenvalue weighted by atomic mass is 32.1. The Bertz CT molecular complexity index is 1200. The van der Waals surface area contributed by atoms with Gasteiger partial charge in [0.2, 0.25) is 0 Å². The minimum atomic E-state index is -0.279. The van der Waals surface area contributed by atoms with Crippen molar-refractivity contribution < 1.29 is 9.53 Å². The van der Waals surface area contributed by atoms with Crippen LogP contribution in [0.1, 0.15) is 15.9 Å². The van der Waals surface area contributed by atoms with Crippen LogP contribution < -0.4 is 15.4 Å². The molecule has 1 amide bonds. The van der Waals surface area contributed by atoms with Crippen LogP contribution in [0, 0.1) is 6.92 Å². The molecular weight excluding hydrogens is 414 g/mol.